The van der Waals surface area contributed by atoms with E-state index in [2.05, 4.69) is 19.7 Å². The van der Waals surface area contributed by atoms with E-state index in [-0.39, 0.29) is 48.4 Å². The highest BCUT2D eigenvalue weighted by Gasteiger charge is 2.21. The largest absolute Gasteiger partial charge is 0.453 e. The Balaban J connectivity index is 1.62. The first-order valence-corrected chi connectivity index (χ1v) is 11.1. The number of ether oxygens (including phenoxy) is 1. The van der Waals surface area contributed by atoms with Crippen LogP contribution in [0.4, 0.5) is 11.4 Å². The van der Waals surface area contributed by atoms with Crippen LogP contribution in [-0.2, 0) is 10.0 Å². The van der Waals surface area contributed by atoms with Crippen LogP contribution >= 0.6 is 34.8 Å². The maximum Gasteiger partial charge on any atom is 0.272 e. The van der Waals surface area contributed by atoms with Crippen LogP contribution in [0, 0.1) is 10.1 Å². The Kier molecular flexibility index (Phi) is 5.82. The first kappa shape index (κ1) is 22.1. The molecular formula is C18H9Cl3N4O6S. The minimum atomic E-state index is -4.05. The van der Waals surface area contributed by atoms with E-state index in [4.69, 9.17) is 39.5 Å². The Morgan fingerprint density at radius 1 is 1.00 bits per heavy atom. The topological polar surface area (TPSA) is 137 Å². The van der Waals surface area contributed by atoms with Gasteiger partial charge in [-0.15, -0.1) is 0 Å². The van der Waals surface area contributed by atoms with E-state index in [1.54, 1.807) is 12.1 Å². The predicted octanol–water partition coefficient (Wildman–Crippen LogP) is 5.68. The number of fused-ring (bicyclic) bond motifs is 1. The van der Waals surface area contributed by atoms with Crippen molar-refractivity contribution in [1.29, 1.82) is 0 Å². The molecule has 0 atom stereocenters. The first-order valence-electron chi connectivity index (χ1n) is 8.50. The zero-order valence-electron chi connectivity index (χ0n) is 15.5. The minimum Gasteiger partial charge on any atom is -0.453 e. The smallest absolute Gasteiger partial charge is 0.272 e. The predicted molar refractivity (Wildman–Crippen MR) is 117 cm³/mol. The summed E-state index contributed by atoms with van der Waals surface area (Å²) in [4.78, 5) is 10.1. The van der Waals surface area contributed by atoms with Crippen LogP contribution in [0.3, 0.4) is 0 Å². The fraction of sp³-hybridized carbons (Fsp3) is 0. The Morgan fingerprint density at radius 2 is 1.72 bits per heavy atom. The van der Waals surface area contributed by atoms with Gasteiger partial charge in [-0.3, -0.25) is 14.8 Å². The summed E-state index contributed by atoms with van der Waals surface area (Å²) < 4.78 is 38.2. The highest BCUT2D eigenvalue weighted by atomic mass is 35.5. The van der Waals surface area contributed by atoms with Gasteiger partial charge in [0.25, 0.3) is 15.7 Å². The van der Waals surface area contributed by atoms with Crippen molar-refractivity contribution >= 4 is 67.2 Å². The lowest BCUT2D eigenvalue weighted by Gasteiger charge is -2.13. The SMILES string of the molecule is O=[N+]([O-])c1cc(Cl)c(Oc2ccc(S(=O)(=O)Nc3cccc4nonc34)cc2Cl)c(Cl)c1. The molecule has 0 unspecified atom stereocenters. The molecule has 3 aromatic carbocycles. The second-order valence-electron chi connectivity index (χ2n) is 6.23. The third kappa shape index (κ3) is 4.28. The van der Waals surface area contributed by atoms with Gasteiger partial charge in [0.2, 0.25) is 0 Å². The summed E-state index contributed by atoms with van der Waals surface area (Å²) in [5.74, 6) is -0.0363. The molecule has 1 N–H and O–H groups in total. The van der Waals surface area contributed by atoms with Crippen molar-refractivity contribution in [1.82, 2.24) is 10.3 Å². The lowest BCUT2D eigenvalue weighted by atomic mass is 10.3. The molecule has 4 aromatic rings. The second-order valence-corrected chi connectivity index (χ2v) is 9.14. The number of anilines is 1. The van der Waals surface area contributed by atoms with E-state index < -0.39 is 14.9 Å². The number of hydrogen-bond donors (Lipinski definition) is 1. The summed E-state index contributed by atoms with van der Waals surface area (Å²) >= 11 is 18.3. The molecule has 0 aliphatic carbocycles. The van der Waals surface area contributed by atoms with Crippen LogP contribution in [0.25, 0.3) is 11.0 Å². The summed E-state index contributed by atoms with van der Waals surface area (Å²) in [6.45, 7) is 0. The molecule has 164 valence electrons. The summed E-state index contributed by atoms with van der Waals surface area (Å²) in [6.07, 6.45) is 0. The summed E-state index contributed by atoms with van der Waals surface area (Å²) in [5.41, 5.74) is 0.473. The molecule has 32 heavy (non-hydrogen) atoms. The normalized spacial score (nSPS) is 11.5. The molecule has 4 rings (SSSR count). The molecule has 1 aromatic heterocycles. The number of sulfonamides is 1. The molecule has 0 saturated heterocycles. The number of non-ortho nitro benzene ring substituents is 1. The molecule has 0 spiro atoms. The standard InChI is InChI=1S/C18H9Cl3N4O6S/c19-11-8-10(32(28,29)24-15-3-1-2-14-17(15)23-31-22-14)4-5-16(11)30-18-12(20)6-9(25(26)27)7-13(18)21/h1-8,24H. The van der Waals surface area contributed by atoms with Gasteiger partial charge in [-0.1, -0.05) is 40.9 Å². The monoisotopic (exact) mass is 514 g/mol. The zero-order chi connectivity index (χ0) is 23.0. The van der Waals surface area contributed by atoms with E-state index in [9.17, 15) is 18.5 Å². The van der Waals surface area contributed by atoms with Crippen molar-refractivity contribution in [3.05, 3.63) is 73.7 Å². The van der Waals surface area contributed by atoms with E-state index in [1.807, 2.05) is 0 Å². The third-order valence-electron chi connectivity index (χ3n) is 4.15. The van der Waals surface area contributed by atoms with Crippen LogP contribution in [0.15, 0.2) is 58.1 Å². The van der Waals surface area contributed by atoms with Crippen molar-refractivity contribution in [2.24, 2.45) is 0 Å². The number of hydrogen-bond acceptors (Lipinski definition) is 8. The van der Waals surface area contributed by atoms with Crippen LogP contribution in [0.5, 0.6) is 11.5 Å². The second kappa shape index (κ2) is 8.43. The lowest BCUT2D eigenvalue weighted by molar-refractivity contribution is -0.384. The van der Waals surface area contributed by atoms with Gasteiger partial charge in [-0.25, -0.2) is 13.0 Å². The summed E-state index contributed by atoms with van der Waals surface area (Å²) in [7, 11) is -4.05. The number of nitrogens with zero attached hydrogens (tertiary/aromatic N) is 3. The van der Waals surface area contributed by atoms with Gasteiger partial charge in [0, 0.05) is 12.1 Å². The summed E-state index contributed by atoms with van der Waals surface area (Å²) in [6, 6.07) is 10.5. The number of rotatable bonds is 6. The Morgan fingerprint density at radius 3 is 2.38 bits per heavy atom. The molecule has 0 aliphatic heterocycles. The fourth-order valence-electron chi connectivity index (χ4n) is 2.68. The molecule has 10 nitrogen and oxygen atoms in total. The van der Waals surface area contributed by atoms with Gasteiger partial charge in [0.15, 0.2) is 11.3 Å². The molecule has 0 saturated carbocycles. The van der Waals surface area contributed by atoms with Gasteiger partial charge in [0.05, 0.1) is 30.6 Å². The number of halogens is 3. The highest BCUT2D eigenvalue weighted by molar-refractivity contribution is 7.92. The van der Waals surface area contributed by atoms with E-state index in [1.165, 1.54) is 18.2 Å². The quantitative estimate of drug-likeness (QED) is 0.255. The van der Waals surface area contributed by atoms with Crippen molar-refractivity contribution in [2.45, 2.75) is 4.90 Å². The molecule has 14 heteroatoms. The van der Waals surface area contributed by atoms with Gasteiger partial charge in [-0.05, 0) is 40.6 Å². The Bertz CT molecular complexity index is 1450. The molecule has 0 amide bonds. The van der Waals surface area contributed by atoms with Crippen molar-refractivity contribution in [3.8, 4) is 11.5 Å². The average Bonchev–Trinajstić information content (AvgIpc) is 3.21. The van der Waals surface area contributed by atoms with Crippen molar-refractivity contribution < 1.29 is 22.7 Å². The highest BCUT2D eigenvalue weighted by Crippen LogP contribution is 2.41. The number of aromatic nitrogens is 2. The Hall–Kier alpha value is -3.12. The maximum atomic E-state index is 12.8. The van der Waals surface area contributed by atoms with Gasteiger partial charge in [0.1, 0.15) is 11.3 Å². The molecule has 0 aliphatic rings. The van der Waals surface area contributed by atoms with Gasteiger partial charge < -0.3 is 4.74 Å². The average molecular weight is 516 g/mol. The van der Waals surface area contributed by atoms with E-state index in [0.29, 0.717) is 5.52 Å². The van der Waals surface area contributed by atoms with Crippen LogP contribution in [0.2, 0.25) is 15.1 Å². The minimum absolute atomic E-state index is 0.0334. The maximum absolute atomic E-state index is 12.8. The molecule has 0 fully saturated rings. The molecule has 0 radical (unpaired) electrons. The number of nitrogens with one attached hydrogen (secondary N) is 1. The fourth-order valence-corrected chi connectivity index (χ4v) is 4.61. The molecule has 1 heterocycles. The summed E-state index contributed by atoms with van der Waals surface area (Å²) in [5, 5.41) is 17.9. The Labute approximate surface area is 194 Å². The van der Waals surface area contributed by atoms with E-state index >= 15 is 0 Å². The van der Waals surface area contributed by atoms with Crippen molar-refractivity contribution in [3.63, 3.8) is 0 Å². The van der Waals surface area contributed by atoms with Crippen LogP contribution in [-0.4, -0.2) is 23.7 Å². The van der Waals surface area contributed by atoms with Gasteiger partial charge >= 0.3 is 0 Å². The number of benzene rings is 3. The third-order valence-corrected chi connectivity index (χ3v) is 6.37. The van der Waals surface area contributed by atoms with E-state index in [0.717, 1.165) is 18.2 Å². The van der Waals surface area contributed by atoms with Crippen molar-refractivity contribution in [2.75, 3.05) is 4.72 Å². The molecule has 0 bridgehead atoms. The first-order chi connectivity index (χ1) is 15.2. The van der Waals surface area contributed by atoms with Crippen LogP contribution in [0.1, 0.15) is 0 Å². The number of nitro benzene ring substituents is 1. The number of nitro groups is 1. The molecular weight excluding hydrogens is 507 g/mol. The zero-order valence-corrected chi connectivity index (χ0v) is 18.5. The lowest BCUT2D eigenvalue weighted by Crippen LogP contribution is -2.13. The van der Waals surface area contributed by atoms with Crippen LogP contribution < -0.4 is 9.46 Å². The van der Waals surface area contributed by atoms with Gasteiger partial charge in [-0.2, -0.15) is 0 Å².